The summed E-state index contributed by atoms with van der Waals surface area (Å²) >= 11 is 0. The zero-order chi connectivity index (χ0) is 9.78. The summed E-state index contributed by atoms with van der Waals surface area (Å²) in [7, 11) is 1.66. The summed E-state index contributed by atoms with van der Waals surface area (Å²) < 4.78 is 0. The van der Waals surface area contributed by atoms with E-state index in [1.807, 2.05) is 0 Å². The lowest BCUT2D eigenvalue weighted by Crippen LogP contribution is -2.35. The Balaban J connectivity index is 3.97. The molecule has 0 aromatic rings. The second-order valence-corrected chi connectivity index (χ2v) is 4.05. The van der Waals surface area contributed by atoms with Crippen molar-refractivity contribution in [2.45, 2.75) is 27.2 Å². The van der Waals surface area contributed by atoms with E-state index in [0.29, 0.717) is 12.0 Å². The molecule has 0 heterocycles. The minimum absolute atomic E-state index is 0.113. The first kappa shape index (κ1) is 11.2. The van der Waals surface area contributed by atoms with Crippen molar-refractivity contribution in [3.8, 4) is 0 Å². The number of carbonyl (C=O) groups excluding carboxylic acids is 1. The Bertz CT molecular complexity index is 179. The predicted molar refractivity (Wildman–Crippen MR) is 50.4 cm³/mol. The average Bonchev–Trinajstić information content (AvgIpc) is 1.84. The third-order valence-electron chi connectivity index (χ3n) is 1.30. The van der Waals surface area contributed by atoms with Crippen LogP contribution in [0.15, 0.2) is 12.2 Å². The van der Waals surface area contributed by atoms with E-state index in [9.17, 15) is 4.79 Å². The lowest BCUT2D eigenvalue weighted by molar-refractivity contribution is -0.118. The van der Waals surface area contributed by atoms with Crippen molar-refractivity contribution >= 4 is 5.91 Å². The molecular formula is C9H18N2O. The van der Waals surface area contributed by atoms with Crippen LogP contribution in [0.5, 0.6) is 0 Å². The summed E-state index contributed by atoms with van der Waals surface area (Å²) in [5.41, 5.74) is 5.77. The number of amides is 1. The second-order valence-electron chi connectivity index (χ2n) is 4.05. The van der Waals surface area contributed by atoms with E-state index in [1.165, 1.54) is 0 Å². The first-order valence-corrected chi connectivity index (χ1v) is 4.01. The second kappa shape index (κ2) is 4.26. The lowest BCUT2D eigenvalue weighted by Gasteiger charge is -2.18. The Kier molecular flexibility index (Phi) is 3.96. The highest BCUT2D eigenvalue weighted by atomic mass is 16.2. The van der Waals surface area contributed by atoms with Gasteiger partial charge in [0.15, 0.2) is 0 Å². The third kappa shape index (κ3) is 4.91. The quantitative estimate of drug-likeness (QED) is 0.494. The fraction of sp³-hybridized carbons (Fsp3) is 0.667. The maximum atomic E-state index is 11.1. The van der Waals surface area contributed by atoms with Gasteiger partial charge in [-0.3, -0.25) is 10.2 Å². The highest BCUT2D eigenvalue weighted by Gasteiger charge is 2.15. The topological polar surface area (TPSA) is 41.1 Å². The fourth-order valence-corrected chi connectivity index (χ4v) is 0.922. The molecule has 0 aromatic heterocycles. The number of hydrogen-bond donors (Lipinski definition) is 2. The molecule has 12 heavy (non-hydrogen) atoms. The molecule has 0 saturated carbocycles. The molecule has 3 heteroatoms. The smallest absolute Gasteiger partial charge is 0.260 e. The third-order valence-corrected chi connectivity index (χ3v) is 1.30. The van der Waals surface area contributed by atoms with Crippen molar-refractivity contribution in [2.24, 2.45) is 5.41 Å². The van der Waals surface area contributed by atoms with Gasteiger partial charge >= 0.3 is 0 Å². The van der Waals surface area contributed by atoms with Gasteiger partial charge in [0.2, 0.25) is 0 Å². The van der Waals surface area contributed by atoms with Gasteiger partial charge in [0.1, 0.15) is 0 Å². The van der Waals surface area contributed by atoms with E-state index >= 15 is 0 Å². The van der Waals surface area contributed by atoms with Crippen LogP contribution in [0.1, 0.15) is 27.2 Å². The van der Waals surface area contributed by atoms with E-state index in [0.717, 1.165) is 0 Å². The van der Waals surface area contributed by atoms with Gasteiger partial charge in [-0.2, -0.15) is 0 Å². The molecule has 0 spiro atoms. The molecule has 70 valence electrons. The minimum atomic E-state index is -0.132. The van der Waals surface area contributed by atoms with Crippen LogP contribution in [-0.2, 0) is 4.79 Å². The number of hydrogen-bond acceptors (Lipinski definition) is 2. The highest BCUT2D eigenvalue weighted by molar-refractivity contribution is 5.92. The highest BCUT2D eigenvalue weighted by Crippen LogP contribution is 2.22. The van der Waals surface area contributed by atoms with E-state index < -0.39 is 0 Å². The molecule has 0 saturated heterocycles. The SMILES string of the molecule is C=C(CC(C)(C)C)C(=O)NNC. The Labute approximate surface area is 74.2 Å². The Morgan fingerprint density at radius 3 is 2.25 bits per heavy atom. The number of hydrazine groups is 1. The molecule has 0 aliphatic rings. The summed E-state index contributed by atoms with van der Waals surface area (Å²) in [6.07, 6.45) is 0.709. The van der Waals surface area contributed by atoms with Crippen LogP contribution < -0.4 is 10.9 Å². The molecule has 0 aliphatic carbocycles. The monoisotopic (exact) mass is 170 g/mol. The summed E-state index contributed by atoms with van der Waals surface area (Å²) in [6.45, 7) is 9.93. The van der Waals surface area contributed by atoms with E-state index in [1.54, 1.807) is 7.05 Å². The Morgan fingerprint density at radius 1 is 1.42 bits per heavy atom. The van der Waals surface area contributed by atoms with Crippen molar-refractivity contribution < 1.29 is 4.79 Å². The molecule has 0 radical (unpaired) electrons. The van der Waals surface area contributed by atoms with E-state index in [4.69, 9.17) is 0 Å². The number of rotatable bonds is 3. The van der Waals surface area contributed by atoms with Crippen LogP contribution in [0.3, 0.4) is 0 Å². The molecule has 0 fully saturated rings. The summed E-state index contributed by atoms with van der Waals surface area (Å²) in [5.74, 6) is -0.132. The average molecular weight is 170 g/mol. The van der Waals surface area contributed by atoms with Crippen LogP contribution in [-0.4, -0.2) is 13.0 Å². The maximum Gasteiger partial charge on any atom is 0.260 e. The zero-order valence-corrected chi connectivity index (χ0v) is 8.32. The van der Waals surface area contributed by atoms with Crippen LogP contribution in [0, 0.1) is 5.41 Å². The predicted octanol–water partition coefficient (Wildman–Crippen LogP) is 1.23. The molecule has 1 amide bonds. The van der Waals surface area contributed by atoms with Crippen molar-refractivity contribution in [3.05, 3.63) is 12.2 Å². The molecule has 0 unspecified atom stereocenters. The van der Waals surface area contributed by atoms with Crippen molar-refractivity contribution in [1.29, 1.82) is 0 Å². The molecule has 0 aliphatic heterocycles. The summed E-state index contributed by atoms with van der Waals surface area (Å²) in [4.78, 5) is 11.1. The molecule has 0 rings (SSSR count). The summed E-state index contributed by atoms with van der Waals surface area (Å²) in [5, 5.41) is 0. The zero-order valence-electron chi connectivity index (χ0n) is 8.32. The van der Waals surface area contributed by atoms with Gasteiger partial charge < -0.3 is 0 Å². The van der Waals surface area contributed by atoms with E-state index in [-0.39, 0.29) is 11.3 Å². The molecule has 2 N–H and O–H groups in total. The van der Waals surface area contributed by atoms with Crippen molar-refractivity contribution in [1.82, 2.24) is 10.9 Å². The Hall–Kier alpha value is -0.830. The van der Waals surface area contributed by atoms with Gasteiger partial charge in [0.25, 0.3) is 5.91 Å². The minimum Gasteiger partial charge on any atom is -0.288 e. The molecule has 0 aromatic carbocycles. The maximum absolute atomic E-state index is 11.1. The van der Waals surface area contributed by atoms with Gasteiger partial charge in [0, 0.05) is 12.6 Å². The first-order valence-electron chi connectivity index (χ1n) is 4.01. The fourth-order valence-electron chi connectivity index (χ4n) is 0.922. The van der Waals surface area contributed by atoms with Gasteiger partial charge in [-0.1, -0.05) is 27.4 Å². The number of carbonyl (C=O) groups is 1. The lowest BCUT2D eigenvalue weighted by atomic mass is 9.88. The van der Waals surface area contributed by atoms with Gasteiger partial charge in [-0.15, -0.1) is 0 Å². The normalized spacial score (nSPS) is 11.0. The molecule has 0 bridgehead atoms. The number of nitrogens with one attached hydrogen (secondary N) is 2. The largest absolute Gasteiger partial charge is 0.288 e. The van der Waals surface area contributed by atoms with Crippen LogP contribution in [0.4, 0.5) is 0 Å². The standard InChI is InChI=1S/C9H18N2O/c1-7(6-9(2,3)4)8(12)11-10-5/h10H,1,6H2,2-5H3,(H,11,12). The van der Waals surface area contributed by atoms with Crippen LogP contribution >= 0.6 is 0 Å². The van der Waals surface area contributed by atoms with Gasteiger partial charge in [-0.05, 0) is 11.8 Å². The summed E-state index contributed by atoms with van der Waals surface area (Å²) in [6, 6.07) is 0. The Morgan fingerprint density at radius 2 is 1.92 bits per heavy atom. The van der Waals surface area contributed by atoms with E-state index in [2.05, 4.69) is 38.2 Å². The molecule has 0 atom stereocenters. The van der Waals surface area contributed by atoms with Crippen molar-refractivity contribution in [3.63, 3.8) is 0 Å². The van der Waals surface area contributed by atoms with Crippen LogP contribution in [0.2, 0.25) is 0 Å². The molecule has 3 nitrogen and oxygen atoms in total. The molecular weight excluding hydrogens is 152 g/mol. The van der Waals surface area contributed by atoms with Gasteiger partial charge in [-0.25, -0.2) is 5.43 Å². The van der Waals surface area contributed by atoms with Crippen LogP contribution in [0.25, 0.3) is 0 Å². The van der Waals surface area contributed by atoms with Crippen molar-refractivity contribution in [2.75, 3.05) is 7.05 Å². The first-order chi connectivity index (χ1) is 5.37. The van der Waals surface area contributed by atoms with Gasteiger partial charge in [0.05, 0.1) is 0 Å².